The molecule has 2 fully saturated rings. The first kappa shape index (κ1) is 32.0. The van der Waals surface area contributed by atoms with Crippen LogP contribution in [0.3, 0.4) is 0 Å². The van der Waals surface area contributed by atoms with Gasteiger partial charge in [-0.1, -0.05) is 24.6 Å². The summed E-state index contributed by atoms with van der Waals surface area (Å²) in [5.41, 5.74) is 0.737. The Balaban J connectivity index is 0.000000638. The maximum atomic E-state index is 13.6. The molecule has 2 atom stereocenters. The highest BCUT2D eigenvalue weighted by molar-refractivity contribution is 7.89. The van der Waals surface area contributed by atoms with Crippen LogP contribution >= 0.6 is 0 Å². The number of piperidine rings is 1. The van der Waals surface area contributed by atoms with E-state index in [9.17, 15) is 26.4 Å². The minimum atomic E-state index is -5.08. The van der Waals surface area contributed by atoms with Crippen LogP contribution in [0.4, 0.5) is 13.2 Å². The molecule has 3 rings (SSSR count). The third-order valence-corrected chi connectivity index (χ3v) is 9.04. The lowest BCUT2D eigenvalue weighted by atomic mass is 9.98. The van der Waals surface area contributed by atoms with Gasteiger partial charge in [-0.05, 0) is 45.2 Å². The molecule has 0 aliphatic carbocycles. The normalized spacial score (nSPS) is 21.1. The number of amides is 1. The molecule has 0 saturated carbocycles. The fraction of sp³-hybridized carbons (Fsp3) is 0.680. The first-order valence-corrected chi connectivity index (χ1v) is 14.3. The van der Waals surface area contributed by atoms with Crippen LogP contribution in [0.25, 0.3) is 0 Å². The molecule has 0 aromatic heterocycles. The second kappa shape index (κ2) is 14.2. The number of hydrogen-bond donors (Lipinski definition) is 2. The molecule has 38 heavy (non-hydrogen) atoms. The van der Waals surface area contributed by atoms with Crippen molar-refractivity contribution in [2.45, 2.75) is 69.6 Å². The Morgan fingerprint density at radius 2 is 1.63 bits per heavy atom. The Morgan fingerprint density at radius 3 is 2.16 bits per heavy atom. The SMILES string of the molecule is Cc1ccccc1S(=O)(=O)N(CCC(=O)N1CCNCC1)CCN1C(C)CCCC1C.O=C(O)C(F)(F)F. The fourth-order valence-corrected chi connectivity index (χ4v) is 6.43. The number of piperazine rings is 1. The van der Waals surface area contributed by atoms with E-state index in [1.54, 1.807) is 12.1 Å². The molecule has 2 saturated heterocycles. The number of rotatable bonds is 8. The van der Waals surface area contributed by atoms with E-state index in [-0.39, 0.29) is 18.9 Å². The van der Waals surface area contributed by atoms with E-state index in [2.05, 4.69) is 24.1 Å². The number of hydrogen-bond acceptors (Lipinski definition) is 6. The Labute approximate surface area is 223 Å². The third kappa shape index (κ3) is 9.21. The van der Waals surface area contributed by atoms with Gasteiger partial charge in [0.2, 0.25) is 15.9 Å². The molecule has 2 aliphatic rings. The maximum absolute atomic E-state index is 13.6. The monoisotopic (exact) mass is 564 g/mol. The molecule has 216 valence electrons. The molecule has 2 unspecified atom stereocenters. The van der Waals surface area contributed by atoms with Gasteiger partial charge in [-0.3, -0.25) is 9.69 Å². The van der Waals surface area contributed by atoms with Crippen molar-refractivity contribution in [1.29, 1.82) is 0 Å². The number of carboxylic acids is 1. The molecule has 0 radical (unpaired) electrons. The predicted octanol–water partition coefficient (Wildman–Crippen LogP) is 2.70. The van der Waals surface area contributed by atoms with Gasteiger partial charge < -0.3 is 15.3 Å². The van der Waals surface area contributed by atoms with Crippen LogP contribution in [-0.2, 0) is 19.6 Å². The number of aliphatic carboxylic acids is 1. The van der Waals surface area contributed by atoms with Crippen molar-refractivity contribution >= 4 is 21.9 Å². The molecular weight excluding hydrogens is 525 g/mol. The van der Waals surface area contributed by atoms with Crippen LogP contribution in [0.5, 0.6) is 0 Å². The Morgan fingerprint density at radius 1 is 1.08 bits per heavy atom. The number of aryl methyl sites for hydroxylation is 1. The van der Waals surface area contributed by atoms with E-state index < -0.39 is 22.2 Å². The topological polar surface area (TPSA) is 110 Å². The summed E-state index contributed by atoms with van der Waals surface area (Å²) in [7, 11) is -3.67. The highest BCUT2D eigenvalue weighted by Gasteiger charge is 2.38. The largest absolute Gasteiger partial charge is 0.490 e. The quantitative estimate of drug-likeness (QED) is 0.500. The number of alkyl halides is 3. The van der Waals surface area contributed by atoms with Crippen LogP contribution in [0.2, 0.25) is 0 Å². The summed E-state index contributed by atoms with van der Waals surface area (Å²) in [5, 5.41) is 10.4. The van der Waals surface area contributed by atoms with Crippen molar-refractivity contribution in [2.24, 2.45) is 0 Å². The highest BCUT2D eigenvalue weighted by Crippen LogP contribution is 2.24. The molecule has 2 N–H and O–H groups in total. The van der Waals surface area contributed by atoms with Gasteiger partial charge in [-0.25, -0.2) is 13.2 Å². The number of nitrogens with one attached hydrogen (secondary N) is 1. The van der Waals surface area contributed by atoms with E-state index in [1.165, 1.54) is 10.7 Å². The van der Waals surface area contributed by atoms with Gasteiger partial charge >= 0.3 is 12.1 Å². The van der Waals surface area contributed by atoms with Gasteiger partial charge in [-0.2, -0.15) is 17.5 Å². The number of carbonyl (C=O) groups is 2. The maximum Gasteiger partial charge on any atom is 0.490 e. The van der Waals surface area contributed by atoms with Crippen molar-refractivity contribution in [3.05, 3.63) is 29.8 Å². The molecule has 0 spiro atoms. The first-order chi connectivity index (χ1) is 17.7. The Kier molecular flexibility index (Phi) is 12.0. The zero-order valence-corrected chi connectivity index (χ0v) is 23.0. The van der Waals surface area contributed by atoms with Gasteiger partial charge in [0.05, 0.1) is 4.90 Å². The number of nitrogens with zero attached hydrogens (tertiary/aromatic N) is 3. The van der Waals surface area contributed by atoms with Crippen LogP contribution in [0.1, 0.15) is 45.1 Å². The Bertz CT molecular complexity index is 1020. The van der Waals surface area contributed by atoms with E-state index in [0.29, 0.717) is 43.2 Å². The van der Waals surface area contributed by atoms with Gasteiger partial charge in [0.25, 0.3) is 0 Å². The van der Waals surface area contributed by atoms with Crippen molar-refractivity contribution in [3.63, 3.8) is 0 Å². The number of halogens is 3. The molecule has 1 amide bonds. The minimum absolute atomic E-state index is 0.0335. The van der Waals surface area contributed by atoms with Crippen molar-refractivity contribution in [1.82, 2.24) is 19.4 Å². The number of likely N-dealkylation sites (tertiary alicyclic amines) is 1. The van der Waals surface area contributed by atoms with E-state index in [4.69, 9.17) is 9.90 Å². The van der Waals surface area contributed by atoms with Gasteiger partial charge in [0.15, 0.2) is 0 Å². The van der Waals surface area contributed by atoms with E-state index >= 15 is 0 Å². The molecule has 0 bridgehead atoms. The smallest absolute Gasteiger partial charge is 0.475 e. The zero-order chi connectivity index (χ0) is 28.5. The Hall–Kier alpha value is -2.22. The predicted molar refractivity (Wildman–Crippen MR) is 137 cm³/mol. The van der Waals surface area contributed by atoms with Crippen LogP contribution < -0.4 is 5.32 Å². The molecule has 1 aromatic carbocycles. The van der Waals surface area contributed by atoms with Crippen LogP contribution in [0.15, 0.2) is 29.2 Å². The number of carboxylic acid groups (broad SMARTS) is 1. The summed E-state index contributed by atoms with van der Waals surface area (Å²) in [6, 6.07) is 8.01. The summed E-state index contributed by atoms with van der Waals surface area (Å²) in [6.07, 6.45) is -1.34. The average molecular weight is 565 g/mol. The van der Waals surface area contributed by atoms with E-state index in [1.807, 2.05) is 24.0 Å². The minimum Gasteiger partial charge on any atom is -0.475 e. The lowest BCUT2D eigenvalue weighted by Crippen LogP contribution is -2.49. The van der Waals surface area contributed by atoms with Gasteiger partial charge in [0.1, 0.15) is 0 Å². The van der Waals surface area contributed by atoms with E-state index in [0.717, 1.165) is 31.5 Å². The first-order valence-electron chi connectivity index (χ1n) is 12.8. The number of sulfonamides is 1. The second-order valence-electron chi connectivity index (χ2n) is 9.72. The lowest BCUT2D eigenvalue weighted by molar-refractivity contribution is -0.192. The lowest BCUT2D eigenvalue weighted by Gasteiger charge is -2.40. The fourth-order valence-electron chi connectivity index (χ4n) is 4.77. The van der Waals surface area contributed by atoms with Crippen molar-refractivity contribution in [3.8, 4) is 0 Å². The number of benzene rings is 1. The summed E-state index contributed by atoms with van der Waals surface area (Å²) in [6.45, 7) is 10.5. The molecule has 13 heteroatoms. The number of carbonyl (C=O) groups excluding carboxylic acids is 1. The second-order valence-corrected chi connectivity index (χ2v) is 11.6. The van der Waals surface area contributed by atoms with Gasteiger partial charge in [0, 0.05) is 64.3 Å². The zero-order valence-electron chi connectivity index (χ0n) is 22.2. The highest BCUT2D eigenvalue weighted by atomic mass is 32.2. The van der Waals surface area contributed by atoms with Crippen LogP contribution in [-0.4, -0.2) is 104 Å². The van der Waals surface area contributed by atoms with Crippen molar-refractivity contribution < 1.29 is 36.3 Å². The van der Waals surface area contributed by atoms with Crippen LogP contribution in [0, 0.1) is 6.92 Å². The molecular formula is C25H39F3N4O5S. The van der Waals surface area contributed by atoms with Gasteiger partial charge in [-0.15, -0.1) is 0 Å². The summed E-state index contributed by atoms with van der Waals surface area (Å²) in [4.78, 5) is 26.2. The third-order valence-electron chi connectivity index (χ3n) is 6.98. The molecule has 2 heterocycles. The summed E-state index contributed by atoms with van der Waals surface area (Å²) < 4.78 is 60.4. The molecule has 1 aromatic rings. The average Bonchev–Trinajstić information content (AvgIpc) is 2.85. The molecule has 2 aliphatic heterocycles. The summed E-state index contributed by atoms with van der Waals surface area (Å²) >= 11 is 0. The molecule has 9 nitrogen and oxygen atoms in total. The summed E-state index contributed by atoms with van der Waals surface area (Å²) in [5.74, 6) is -2.72. The standard InChI is InChI=1S/C23H38N4O3S.C2HF3O2/c1-19-7-4-5-10-22(19)31(29,30)26(14-11-23(28)25-15-12-24-13-16-25)17-18-27-20(2)8-6-9-21(27)3;3-2(4,5)1(6)7/h4-5,7,10,20-21,24H,6,8-9,11-18H2,1-3H3;(H,6,7). The van der Waals surface area contributed by atoms with Crippen molar-refractivity contribution in [2.75, 3.05) is 45.8 Å².